The number of carboxylic acids is 1. The van der Waals surface area contributed by atoms with Gasteiger partial charge in [0.25, 0.3) is 5.56 Å². The summed E-state index contributed by atoms with van der Waals surface area (Å²) in [4.78, 5) is 44.4. The minimum absolute atomic E-state index is 0.124. The van der Waals surface area contributed by atoms with Gasteiger partial charge in [-0.15, -0.1) is 11.3 Å². The van der Waals surface area contributed by atoms with Crippen molar-refractivity contribution in [1.82, 2.24) is 9.97 Å². The van der Waals surface area contributed by atoms with Crippen LogP contribution < -0.4 is 10.9 Å². The molecule has 27 heavy (non-hydrogen) atoms. The smallest absolute Gasteiger partial charge is 0.307 e. The van der Waals surface area contributed by atoms with Gasteiger partial charge < -0.3 is 15.4 Å². The molecule has 2 aromatic heterocycles. The number of thiophene rings is 1. The second-order valence-corrected chi connectivity index (χ2v) is 7.46. The molecule has 3 aromatic rings. The van der Waals surface area contributed by atoms with Crippen LogP contribution in [0.2, 0.25) is 0 Å². The zero-order chi connectivity index (χ0) is 19.6. The highest BCUT2D eigenvalue weighted by atomic mass is 32.1. The molecule has 7 nitrogen and oxygen atoms in total. The van der Waals surface area contributed by atoms with Gasteiger partial charge in [0.2, 0.25) is 5.91 Å². The van der Waals surface area contributed by atoms with Gasteiger partial charge in [-0.25, -0.2) is 4.98 Å². The molecule has 0 saturated heterocycles. The van der Waals surface area contributed by atoms with Crippen molar-refractivity contribution >= 4 is 39.1 Å². The maximum atomic E-state index is 12.3. The first-order valence-electron chi connectivity index (χ1n) is 8.43. The number of benzene rings is 1. The minimum Gasteiger partial charge on any atom is -0.481 e. The number of hydrogen-bond acceptors (Lipinski definition) is 5. The number of aromatic nitrogens is 2. The van der Waals surface area contributed by atoms with E-state index in [0.29, 0.717) is 27.3 Å². The highest BCUT2D eigenvalue weighted by Crippen LogP contribution is 2.25. The van der Waals surface area contributed by atoms with Gasteiger partial charge in [0.05, 0.1) is 11.8 Å². The molecule has 2 heterocycles. The van der Waals surface area contributed by atoms with Crippen molar-refractivity contribution in [2.24, 2.45) is 0 Å². The average Bonchev–Trinajstić information content (AvgIpc) is 2.89. The lowest BCUT2D eigenvalue weighted by Gasteiger charge is -2.09. The summed E-state index contributed by atoms with van der Waals surface area (Å²) in [5.74, 6) is -0.773. The van der Waals surface area contributed by atoms with Crippen molar-refractivity contribution in [3.63, 3.8) is 0 Å². The lowest BCUT2D eigenvalue weighted by atomic mass is 10.1. The number of aryl methyl sites for hydroxylation is 3. The first kappa shape index (κ1) is 18.8. The molecule has 140 valence electrons. The molecule has 0 bridgehead atoms. The van der Waals surface area contributed by atoms with Crippen molar-refractivity contribution in [2.75, 3.05) is 5.32 Å². The van der Waals surface area contributed by atoms with Gasteiger partial charge in [-0.05, 0) is 31.0 Å². The largest absolute Gasteiger partial charge is 0.481 e. The van der Waals surface area contributed by atoms with Gasteiger partial charge in [0.15, 0.2) is 0 Å². The monoisotopic (exact) mass is 385 g/mol. The summed E-state index contributed by atoms with van der Waals surface area (Å²) in [6.45, 7) is 3.84. The molecule has 3 N–H and O–H groups in total. The Balaban J connectivity index is 1.71. The second kappa shape index (κ2) is 7.71. The van der Waals surface area contributed by atoms with Crippen LogP contribution in [0.3, 0.4) is 0 Å². The highest BCUT2D eigenvalue weighted by molar-refractivity contribution is 7.18. The highest BCUT2D eigenvalue weighted by Gasteiger charge is 2.13. The van der Waals surface area contributed by atoms with Crippen LogP contribution in [0.5, 0.6) is 0 Å². The van der Waals surface area contributed by atoms with Crippen LogP contribution >= 0.6 is 11.3 Å². The molecule has 0 spiro atoms. The fourth-order valence-corrected chi connectivity index (χ4v) is 3.87. The molecule has 0 unspecified atom stereocenters. The van der Waals surface area contributed by atoms with Crippen LogP contribution in [0.4, 0.5) is 5.69 Å². The fourth-order valence-electron chi connectivity index (χ4n) is 2.82. The standard InChI is InChI=1S/C19H19N3O4S/c1-10-11(2)27-19-17(10)18(26)21-14(22-19)7-8-15(23)20-13-6-4-3-5-12(13)9-16(24)25/h3-6H,7-9H2,1-2H3,(H,20,23)(H,24,25)(H,21,22,26). The molecule has 0 fully saturated rings. The number of anilines is 1. The number of hydrogen-bond donors (Lipinski definition) is 3. The third-order valence-electron chi connectivity index (χ3n) is 4.31. The molecular formula is C19H19N3O4S. The topological polar surface area (TPSA) is 112 Å². The SMILES string of the molecule is Cc1sc2nc(CCC(=O)Nc3ccccc3CC(=O)O)[nH]c(=O)c2c1C. The maximum Gasteiger partial charge on any atom is 0.307 e. The summed E-state index contributed by atoms with van der Waals surface area (Å²) >= 11 is 1.46. The van der Waals surface area contributed by atoms with E-state index in [-0.39, 0.29) is 30.7 Å². The normalized spacial score (nSPS) is 10.9. The van der Waals surface area contributed by atoms with E-state index >= 15 is 0 Å². The van der Waals surface area contributed by atoms with Crippen molar-refractivity contribution < 1.29 is 14.7 Å². The number of carbonyl (C=O) groups excluding carboxylic acids is 1. The van der Waals surface area contributed by atoms with Gasteiger partial charge in [-0.1, -0.05) is 18.2 Å². The predicted octanol–water partition coefficient (Wildman–Crippen LogP) is 2.80. The third-order valence-corrected chi connectivity index (χ3v) is 5.41. The van der Waals surface area contributed by atoms with E-state index in [2.05, 4.69) is 15.3 Å². The van der Waals surface area contributed by atoms with E-state index in [1.807, 2.05) is 13.8 Å². The Morgan fingerprint density at radius 3 is 2.74 bits per heavy atom. The summed E-state index contributed by atoms with van der Waals surface area (Å²) < 4.78 is 0. The molecule has 8 heteroatoms. The third kappa shape index (κ3) is 4.22. The first-order chi connectivity index (χ1) is 12.8. The molecule has 0 aliphatic rings. The molecule has 1 aromatic carbocycles. The Morgan fingerprint density at radius 1 is 1.26 bits per heavy atom. The van der Waals surface area contributed by atoms with Crippen LogP contribution in [-0.2, 0) is 22.4 Å². The number of nitrogens with one attached hydrogen (secondary N) is 2. The van der Waals surface area contributed by atoms with Crippen LogP contribution in [0.25, 0.3) is 10.2 Å². The first-order valence-corrected chi connectivity index (χ1v) is 9.25. The molecule has 0 aliphatic carbocycles. The van der Waals surface area contributed by atoms with Crippen LogP contribution in [-0.4, -0.2) is 27.0 Å². The average molecular weight is 385 g/mol. The van der Waals surface area contributed by atoms with E-state index in [9.17, 15) is 14.4 Å². The number of para-hydroxylation sites is 1. The molecule has 0 aliphatic heterocycles. The van der Waals surface area contributed by atoms with Gasteiger partial charge in [0, 0.05) is 23.4 Å². The zero-order valence-electron chi connectivity index (χ0n) is 15.0. The number of carboxylic acid groups (broad SMARTS) is 1. The summed E-state index contributed by atoms with van der Waals surface area (Å²) in [6.07, 6.45) is 0.242. The molecule has 0 atom stereocenters. The van der Waals surface area contributed by atoms with E-state index < -0.39 is 5.97 Å². The number of aromatic amines is 1. The van der Waals surface area contributed by atoms with Crippen LogP contribution in [0.1, 0.15) is 28.2 Å². The van der Waals surface area contributed by atoms with Gasteiger partial charge in [-0.3, -0.25) is 14.4 Å². The quantitative estimate of drug-likeness (QED) is 0.604. The number of aliphatic carboxylic acids is 1. The fraction of sp³-hybridized carbons (Fsp3) is 0.263. The molecule has 3 rings (SSSR count). The van der Waals surface area contributed by atoms with Gasteiger partial charge in [0.1, 0.15) is 10.7 Å². The lowest BCUT2D eigenvalue weighted by molar-refractivity contribution is -0.136. The van der Waals surface area contributed by atoms with Crippen LogP contribution in [0, 0.1) is 13.8 Å². The Morgan fingerprint density at radius 2 is 2.00 bits per heavy atom. The zero-order valence-corrected chi connectivity index (χ0v) is 15.8. The van der Waals surface area contributed by atoms with Crippen LogP contribution in [0.15, 0.2) is 29.1 Å². The number of fused-ring (bicyclic) bond motifs is 1. The van der Waals surface area contributed by atoms with E-state index in [0.717, 1.165) is 10.4 Å². The van der Waals surface area contributed by atoms with E-state index in [1.54, 1.807) is 24.3 Å². The molecule has 0 saturated carbocycles. The summed E-state index contributed by atoms with van der Waals surface area (Å²) in [6, 6.07) is 6.79. The summed E-state index contributed by atoms with van der Waals surface area (Å²) in [5, 5.41) is 12.3. The Bertz CT molecular complexity index is 1080. The van der Waals surface area contributed by atoms with Crippen molar-refractivity contribution in [2.45, 2.75) is 33.1 Å². The van der Waals surface area contributed by atoms with Gasteiger partial charge in [-0.2, -0.15) is 0 Å². The molecular weight excluding hydrogens is 366 g/mol. The predicted molar refractivity (Wildman–Crippen MR) is 104 cm³/mol. The molecule has 1 amide bonds. The van der Waals surface area contributed by atoms with Gasteiger partial charge >= 0.3 is 5.97 Å². The second-order valence-electron chi connectivity index (χ2n) is 6.25. The number of H-pyrrole nitrogens is 1. The molecule has 0 radical (unpaired) electrons. The van der Waals surface area contributed by atoms with E-state index in [1.165, 1.54) is 11.3 Å². The van der Waals surface area contributed by atoms with Crippen molar-refractivity contribution in [3.8, 4) is 0 Å². The lowest BCUT2D eigenvalue weighted by Crippen LogP contribution is -2.17. The van der Waals surface area contributed by atoms with E-state index in [4.69, 9.17) is 5.11 Å². The minimum atomic E-state index is -0.965. The van der Waals surface area contributed by atoms with Crippen molar-refractivity contribution in [1.29, 1.82) is 0 Å². The number of nitrogens with zero attached hydrogens (tertiary/aromatic N) is 1. The number of amides is 1. The Kier molecular flexibility index (Phi) is 5.36. The summed E-state index contributed by atoms with van der Waals surface area (Å²) in [5.41, 5.74) is 1.76. The summed E-state index contributed by atoms with van der Waals surface area (Å²) in [7, 11) is 0. The Hall–Kier alpha value is -3.00. The maximum absolute atomic E-state index is 12.3. The number of carbonyl (C=O) groups is 2. The number of rotatable bonds is 6. The Labute approximate surface area is 159 Å². The van der Waals surface area contributed by atoms with Crippen molar-refractivity contribution in [3.05, 3.63) is 56.4 Å².